The summed E-state index contributed by atoms with van der Waals surface area (Å²) in [7, 11) is 0. The lowest BCUT2D eigenvalue weighted by atomic mass is 10.0. The van der Waals surface area contributed by atoms with Gasteiger partial charge < -0.3 is 4.98 Å². The fourth-order valence-corrected chi connectivity index (χ4v) is 6.80. The average molecular weight is 618 g/mol. The lowest BCUT2D eigenvalue weighted by Crippen LogP contribution is -2.06. The van der Waals surface area contributed by atoms with Crippen LogP contribution in [-0.4, -0.2) is 25.7 Å². The second-order valence-electron chi connectivity index (χ2n) is 10.0. The van der Waals surface area contributed by atoms with Crippen molar-refractivity contribution in [3.63, 3.8) is 0 Å². The summed E-state index contributed by atoms with van der Waals surface area (Å²) in [5.41, 5.74) is 5.01. The Morgan fingerprint density at radius 2 is 1.74 bits per heavy atom. The number of fused-ring (bicyclic) bond motifs is 2. The molecule has 0 fully saturated rings. The summed E-state index contributed by atoms with van der Waals surface area (Å²) in [5.74, 6) is 1.81. The van der Waals surface area contributed by atoms with Crippen LogP contribution in [0.25, 0.3) is 39.3 Å². The molecule has 0 saturated carbocycles. The highest BCUT2D eigenvalue weighted by Gasteiger charge is 2.25. The van der Waals surface area contributed by atoms with Gasteiger partial charge in [-0.3, -0.25) is 4.57 Å². The first-order valence-corrected chi connectivity index (χ1v) is 15.3. The number of H-pyrrole nitrogens is 1. The van der Waals surface area contributed by atoms with E-state index in [1.54, 1.807) is 11.3 Å². The number of nitrogens with zero attached hydrogens (tertiary/aromatic N) is 3. The van der Waals surface area contributed by atoms with Gasteiger partial charge in [-0.1, -0.05) is 57.2 Å². The van der Waals surface area contributed by atoms with E-state index in [2.05, 4.69) is 62.1 Å². The second kappa shape index (κ2) is 12.3. The van der Waals surface area contributed by atoms with Gasteiger partial charge in [-0.2, -0.15) is 13.2 Å². The number of aryl methyl sites for hydroxylation is 2. The number of aromatic amines is 1. The standard InChI is InChI=1S/C30H32BrF3N4S/c1-2-25-27(22(31)19-39-25)29-37-24-16-20(12-8-6-4-3-5-7-11-15-30(32,33)34)18-35-28(24)38(29)26-17-21-13-9-10-14-23(21)36-26/h9-10,13-14,16-19,36H,2-8,11-12,15H2,1H3. The van der Waals surface area contributed by atoms with Gasteiger partial charge in [0.1, 0.15) is 17.2 Å². The van der Waals surface area contributed by atoms with Crippen LogP contribution in [-0.2, 0) is 12.8 Å². The second-order valence-corrected chi connectivity index (χ2v) is 11.8. The molecule has 1 aromatic carbocycles. The van der Waals surface area contributed by atoms with Crippen LogP contribution in [0.1, 0.15) is 68.7 Å². The van der Waals surface area contributed by atoms with Crippen LogP contribution in [0.5, 0.6) is 0 Å². The predicted molar refractivity (Wildman–Crippen MR) is 158 cm³/mol. The van der Waals surface area contributed by atoms with Crippen molar-refractivity contribution >= 4 is 49.3 Å². The topological polar surface area (TPSA) is 46.5 Å². The number of thiophene rings is 1. The molecule has 0 unspecified atom stereocenters. The van der Waals surface area contributed by atoms with Crippen molar-refractivity contribution in [2.45, 2.75) is 77.3 Å². The highest BCUT2D eigenvalue weighted by molar-refractivity contribution is 9.10. The molecule has 39 heavy (non-hydrogen) atoms. The third-order valence-corrected chi connectivity index (χ3v) is 9.16. The fourth-order valence-electron chi connectivity index (χ4n) is 5.12. The zero-order valence-corrected chi connectivity index (χ0v) is 24.4. The highest BCUT2D eigenvalue weighted by atomic mass is 79.9. The predicted octanol–water partition coefficient (Wildman–Crippen LogP) is 10.2. The van der Waals surface area contributed by atoms with Gasteiger partial charge >= 0.3 is 6.18 Å². The van der Waals surface area contributed by atoms with Crippen LogP contribution in [0.15, 0.2) is 52.4 Å². The summed E-state index contributed by atoms with van der Waals surface area (Å²) < 4.78 is 39.9. The van der Waals surface area contributed by atoms with Crippen LogP contribution >= 0.6 is 27.3 Å². The van der Waals surface area contributed by atoms with Gasteiger partial charge in [0.15, 0.2) is 5.65 Å². The monoisotopic (exact) mass is 616 g/mol. The summed E-state index contributed by atoms with van der Waals surface area (Å²) in [4.78, 5) is 14.8. The molecular formula is C30H32BrF3N4S. The molecule has 0 amide bonds. The molecule has 0 atom stereocenters. The number of pyridine rings is 1. The molecule has 0 bridgehead atoms. The third-order valence-electron chi connectivity index (χ3n) is 7.10. The number of hydrogen-bond acceptors (Lipinski definition) is 3. The third kappa shape index (κ3) is 6.57. The number of alkyl halides is 3. The van der Waals surface area contributed by atoms with Crippen molar-refractivity contribution in [2.24, 2.45) is 0 Å². The van der Waals surface area contributed by atoms with Gasteiger partial charge in [0.05, 0.1) is 0 Å². The number of halogens is 4. The number of unbranched alkanes of at least 4 members (excludes halogenated alkanes) is 6. The van der Waals surface area contributed by atoms with Crippen molar-refractivity contribution in [1.82, 2.24) is 19.5 Å². The number of imidazole rings is 1. The van der Waals surface area contributed by atoms with Gasteiger partial charge in [0, 0.05) is 43.8 Å². The van der Waals surface area contributed by atoms with Gasteiger partial charge in [-0.25, -0.2) is 9.97 Å². The van der Waals surface area contributed by atoms with E-state index in [0.717, 1.165) is 94.3 Å². The lowest BCUT2D eigenvalue weighted by molar-refractivity contribution is -0.135. The number of nitrogens with one attached hydrogen (secondary N) is 1. The molecule has 5 aromatic rings. The van der Waals surface area contributed by atoms with Crippen molar-refractivity contribution in [2.75, 3.05) is 0 Å². The molecule has 0 aliphatic carbocycles. The molecular weight excluding hydrogens is 585 g/mol. The minimum Gasteiger partial charge on any atom is -0.341 e. The molecule has 0 aliphatic heterocycles. The Morgan fingerprint density at radius 3 is 2.49 bits per heavy atom. The molecule has 4 nitrogen and oxygen atoms in total. The number of aromatic nitrogens is 4. The zero-order valence-electron chi connectivity index (χ0n) is 22.0. The Kier molecular flexibility index (Phi) is 8.76. The van der Waals surface area contributed by atoms with Gasteiger partial charge in [0.25, 0.3) is 0 Å². The summed E-state index contributed by atoms with van der Waals surface area (Å²) in [6, 6.07) is 12.5. The van der Waals surface area contributed by atoms with Crippen molar-refractivity contribution in [3.05, 3.63) is 62.9 Å². The Hall–Kier alpha value is -2.65. The molecule has 4 heterocycles. The average Bonchev–Trinajstić information content (AvgIpc) is 3.60. The minimum atomic E-state index is -4.03. The molecule has 4 aromatic heterocycles. The largest absolute Gasteiger partial charge is 0.389 e. The van der Waals surface area contributed by atoms with Crippen molar-refractivity contribution in [1.29, 1.82) is 0 Å². The summed E-state index contributed by atoms with van der Waals surface area (Å²) in [6.07, 6.45) is 4.98. The Balaban J connectivity index is 1.32. The number of hydrogen-bond donors (Lipinski definition) is 1. The van der Waals surface area contributed by atoms with E-state index in [1.807, 2.05) is 18.3 Å². The minimum absolute atomic E-state index is 0.240. The summed E-state index contributed by atoms with van der Waals surface area (Å²) >= 11 is 5.50. The maximum Gasteiger partial charge on any atom is 0.389 e. The molecule has 1 N–H and O–H groups in total. The van der Waals surface area contributed by atoms with Crippen molar-refractivity contribution < 1.29 is 13.2 Å². The van der Waals surface area contributed by atoms with Crippen LogP contribution in [0, 0.1) is 0 Å². The molecule has 0 saturated heterocycles. The molecule has 0 aliphatic rings. The Bertz CT molecular complexity index is 1520. The van der Waals surface area contributed by atoms with Crippen LogP contribution in [0.3, 0.4) is 0 Å². The van der Waals surface area contributed by atoms with Gasteiger partial charge in [-0.15, -0.1) is 11.3 Å². The first-order valence-electron chi connectivity index (χ1n) is 13.6. The normalized spacial score (nSPS) is 12.2. The highest BCUT2D eigenvalue weighted by Crippen LogP contribution is 2.39. The van der Waals surface area contributed by atoms with E-state index in [-0.39, 0.29) is 6.42 Å². The first kappa shape index (κ1) is 27.9. The summed E-state index contributed by atoms with van der Waals surface area (Å²) in [5, 5.41) is 3.26. The van der Waals surface area contributed by atoms with Gasteiger partial charge in [0.2, 0.25) is 0 Å². The molecule has 206 valence electrons. The summed E-state index contributed by atoms with van der Waals surface area (Å²) in [6.45, 7) is 2.16. The maximum atomic E-state index is 12.3. The van der Waals surface area contributed by atoms with E-state index < -0.39 is 12.6 Å². The SMILES string of the molecule is CCc1scc(Br)c1-c1nc2cc(CCCCCCCCCC(F)(F)F)cnc2n1-c1cc2ccccc2[nH]1. The molecule has 9 heteroatoms. The maximum absolute atomic E-state index is 12.3. The van der Waals surface area contributed by atoms with E-state index >= 15 is 0 Å². The molecule has 0 radical (unpaired) electrons. The lowest BCUT2D eigenvalue weighted by Gasteiger charge is -2.08. The van der Waals surface area contributed by atoms with Crippen LogP contribution < -0.4 is 0 Å². The van der Waals surface area contributed by atoms with E-state index in [0.29, 0.717) is 6.42 Å². The van der Waals surface area contributed by atoms with E-state index in [4.69, 9.17) is 9.97 Å². The molecule has 0 spiro atoms. The number of rotatable bonds is 12. The van der Waals surface area contributed by atoms with E-state index in [9.17, 15) is 13.2 Å². The number of benzene rings is 1. The fraction of sp³-hybridized carbons (Fsp3) is 0.400. The first-order chi connectivity index (χ1) is 18.8. The van der Waals surface area contributed by atoms with Crippen LogP contribution in [0.4, 0.5) is 13.2 Å². The van der Waals surface area contributed by atoms with Crippen molar-refractivity contribution in [3.8, 4) is 17.2 Å². The Morgan fingerprint density at radius 1 is 1.00 bits per heavy atom. The number of para-hydroxylation sites is 1. The van der Waals surface area contributed by atoms with E-state index in [1.165, 1.54) is 4.88 Å². The molecule has 5 rings (SSSR count). The van der Waals surface area contributed by atoms with Crippen LogP contribution in [0.2, 0.25) is 0 Å². The zero-order chi connectivity index (χ0) is 27.4. The quantitative estimate of drug-likeness (QED) is 0.142. The van der Waals surface area contributed by atoms with Gasteiger partial charge in [-0.05, 0) is 65.4 Å². The smallest absolute Gasteiger partial charge is 0.341 e. The Labute approximate surface area is 238 Å².